The fourth-order valence-corrected chi connectivity index (χ4v) is 1.66. The van der Waals surface area contributed by atoms with Gasteiger partial charge in [0.25, 0.3) is 5.78 Å². The molecule has 0 fully saturated rings. The second kappa shape index (κ2) is 4.97. The molecule has 0 radical (unpaired) electrons. The van der Waals surface area contributed by atoms with Crippen molar-refractivity contribution >= 4 is 5.78 Å². The van der Waals surface area contributed by atoms with Gasteiger partial charge in [0.05, 0.1) is 6.54 Å². The van der Waals surface area contributed by atoms with E-state index in [0.29, 0.717) is 11.6 Å². The van der Waals surface area contributed by atoms with Crippen molar-refractivity contribution in [1.82, 2.24) is 9.55 Å². The van der Waals surface area contributed by atoms with Crippen molar-refractivity contribution < 1.29 is 9.21 Å². The first-order valence-electron chi connectivity index (χ1n) is 5.61. The average Bonchev–Trinajstić information content (AvgIpc) is 2.97. The van der Waals surface area contributed by atoms with E-state index in [4.69, 9.17) is 10.2 Å². The van der Waals surface area contributed by atoms with E-state index in [1.165, 1.54) is 0 Å². The molecule has 0 saturated heterocycles. The fourth-order valence-electron chi connectivity index (χ4n) is 1.66. The molecule has 0 aliphatic heterocycles. The highest BCUT2D eigenvalue weighted by atomic mass is 16.3. The van der Waals surface area contributed by atoms with Crippen LogP contribution >= 0.6 is 0 Å². The van der Waals surface area contributed by atoms with E-state index in [2.05, 4.69) is 4.98 Å². The van der Waals surface area contributed by atoms with E-state index in [1.54, 1.807) is 24.5 Å². The van der Waals surface area contributed by atoms with Crippen LogP contribution in [-0.2, 0) is 13.1 Å². The Labute approximate surface area is 99.2 Å². The monoisotopic (exact) mass is 233 g/mol. The number of rotatable bonds is 5. The number of imidazole rings is 1. The third-order valence-electron chi connectivity index (χ3n) is 2.47. The highest BCUT2D eigenvalue weighted by Crippen LogP contribution is 2.12. The smallest absolute Gasteiger partial charge is 0.263 e. The number of aryl methyl sites for hydroxylation is 1. The van der Waals surface area contributed by atoms with E-state index in [-0.39, 0.29) is 18.1 Å². The normalized spacial score (nSPS) is 10.7. The Morgan fingerprint density at radius 2 is 2.35 bits per heavy atom. The Balaban J connectivity index is 2.27. The van der Waals surface area contributed by atoms with Gasteiger partial charge < -0.3 is 14.7 Å². The average molecular weight is 233 g/mol. The van der Waals surface area contributed by atoms with Gasteiger partial charge in [-0.25, -0.2) is 4.98 Å². The lowest BCUT2D eigenvalue weighted by molar-refractivity contribution is 0.0993. The molecule has 2 rings (SSSR count). The second-order valence-electron chi connectivity index (χ2n) is 3.74. The number of aromatic nitrogens is 2. The molecule has 0 bridgehead atoms. The number of nitrogens with zero attached hydrogens (tertiary/aromatic N) is 2. The summed E-state index contributed by atoms with van der Waals surface area (Å²) < 4.78 is 7.15. The van der Waals surface area contributed by atoms with Gasteiger partial charge in [0.1, 0.15) is 5.76 Å². The Morgan fingerprint density at radius 3 is 3.00 bits per heavy atom. The minimum Gasteiger partial charge on any atom is -0.456 e. The zero-order chi connectivity index (χ0) is 12.3. The van der Waals surface area contributed by atoms with Gasteiger partial charge in [0, 0.05) is 18.9 Å². The summed E-state index contributed by atoms with van der Waals surface area (Å²) in [4.78, 5) is 16.2. The highest BCUT2D eigenvalue weighted by Gasteiger charge is 2.18. The van der Waals surface area contributed by atoms with Crippen LogP contribution in [-0.4, -0.2) is 15.3 Å². The lowest BCUT2D eigenvalue weighted by Crippen LogP contribution is -2.10. The van der Waals surface area contributed by atoms with Crippen LogP contribution < -0.4 is 5.73 Å². The first-order chi connectivity index (χ1) is 8.26. The molecule has 0 spiro atoms. The van der Waals surface area contributed by atoms with Crippen LogP contribution in [0.2, 0.25) is 0 Å². The zero-order valence-electron chi connectivity index (χ0n) is 9.72. The molecule has 2 heterocycles. The molecule has 5 nitrogen and oxygen atoms in total. The number of furan rings is 1. The summed E-state index contributed by atoms with van der Waals surface area (Å²) in [5, 5.41) is 0. The Bertz CT molecular complexity index is 513. The predicted octanol–water partition coefficient (Wildman–Crippen LogP) is 1.58. The minimum atomic E-state index is -0.205. The van der Waals surface area contributed by atoms with Crippen LogP contribution in [0.15, 0.2) is 28.9 Å². The molecular weight excluding hydrogens is 218 g/mol. The number of hydrogen-bond acceptors (Lipinski definition) is 4. The molecule has 0 amide bonds. The highest BCUT2D eigenvalue weighted by molar-refractivity contribution is 6.04. The second-order valence-corrected chi connectivity index (χ2v) is 3.74. The summed E-state index contributed by atoms with van der Waals surface area (Å²) in [7, 11) is 0. The van der Waals surface area contributed by atoms with Gasteiger partial charge >= 0.3 is 0 Å². The van der Waals surface area contributed by atoms with Gasteiger partial charge in [0.2, 0.25) is 0 Å². The summed E-state index contributed by atoms with van der Waals surface area (Å²) in [6.45, 7) is 3.11. The van der Waals surface area contributed by atoms with Gasteiger partial charge in [-0.1, -0.05) is 6.92 Å². The Kier molecular flexibility index (Phi) is 3.39. The van der Waals surface area contributed by atoms with E-state index < -0.39 is 0 Å². The van der Waals surface area contributed by atoms with Crippen molar-refractivity contribution in [3.63, 3.8) is 0 Å². The SMILES string of the molecule is CCCn1ccnc1C(=O)c1ccc(CN)o1. The van der Waals surface area contributed by atoms with Crippen LogP contribution in [0.3, 0.4) is 0 Å². The number of carbonyl (C=O) groups excluding carboxylic acids is 1. The van der Waals surface area contributed by atoms with E-state index in [1.807, 2.05) is 11.5 Å². The quantitative estimate of drug-likeness (QED) is 0.795. The minimum absolute atomic E-state index is 0.205. The van der Waals surface area contributed by atoms with Crippen molar-refractivity contribution in [2.45, 2.75) is 26.4 Å². The largest absolute Gasteiger partial charge is 0.456 e. The Morgan fingerprint density at radius 1 is 1.53 bits per heavy atom. The van der Waals surface area contributed by atoms with E-state index in [0.717, 1.165) is 13.0 Å². The van der Waals surface area contributed by atoms with Crippen LogP contribution in [0.25, 0.3) is 0 Å². The molecule has 17 heavy (non-hydrogen) atoms. The lowest BCUT2D eigenvalue weighted by atomic mass is 10.3. The number of carbonyl (C=O) groups is 1. The zero-order valence-corrected chi connectivity index (χ0v) is 9.72. The van der Waals surface area contributed by atoms with Crippen molar-refractivity contribution in [2.75, 3.05) is 0 Å². The van der Waals surface area contributed by atoms with Crippen molar-refractivity contribution in [3.8, 4) is 0 Å². The number of nitrogens with two attached hydrogens (primary N) is 1. The number of hydrogen-bond donors (Lipinski definition) is 1. The Hall–Kier alpha value is -1.88. The molecule has 0 atom stereocenters. The molecule has 2 aromatic heterocycles. The van der Waals surface area contributed by atoms with Crippen LogP contribution in [0.5, 0.6) is 0 Å². The maximum absolute atomic E-state index is 12.1. The molecule has 0 unspecified atom stereocenters. The number of ketones is 1. The molecular formula is C12H15N3O2. The van der Waals surface area contributed by atoms with Gasteiger partial charge in [-0.2, -0.15) is 0 Å². The molecule has 90 valence electrons. The van der Waals surface area contributed by atoms with Gasteiger partial charge in [-0.15, -0.1) is 0 Å². The summed E-state index contributed by atoms with van der Waals surface area (Å²) in [5.41, 5.74) is 5.43. The van der Waals surface area contributed by atoms with Gasteiger partial charge in [-0.05, 0) is 18.6 Å². The van der Waals surface area contributed by atoms with E-state index in [9.17, 15) is 4.79 Å². The van der Waals surface area contributed by atoms with Crippen molar-refractivity contribution in [3.05, 3.63) is 41.9 Å². The van der Waals surface area contributed by atoms with Crippen molar-refractivity contribution in [1.29, 1.82) is 0 Å². The van der Waals surface area contributed by atoms with Crippen LogP contribution in [0.4, 0.5) is 0 Å². The third kappa shape index (κ3) is 2.29. The molecule has 0 saturated carbocycles. The maximum atomic E-state index is 12.1. The standard InChI is InChI=1S/C12H15N3O2/c1-2-6-15-7-5-14-12(15)11(16)10-4-3-9(8-13)17-10/h3-5,7H,2,6,8,13H2,1H3. The maximum Gasteiger partial charge on any atom is 0.263 e. The molecule has 0 aliphatic carbocycles. The lowest BCUT2D eigenvalue weighted by Gasteiger charge is -2.03. The molecule has 2 aromatic rings. The molecule has 2 N–H and O–H groups in total. The first-order valence-corrected chi connectivity index (χ1v) is 5.61. The summed E-state index contributed by atoms with van der Waals surface area (Å²) in [6, 6.07) is 3.34. The molecule has 0 aliphatic rings. The topological polar surface area (TPSA) is 74.0 Å². The summed E-state index contributed by atoms with van der Waals surface area (Å²) in [5.74, 6) is 1.09. The first kappa shape index (κ1) is 11.6. The molecule has 0 aromatic carbocycles. The van der Waals surface area contributed by atoms with Crippen LogP contribution in [0, 0.1) is 0 Å². The fraction of sp³-hybridized carbons (Fsp3) is 0.333. The van der Waals surface area contributed by atoms with Crippen LogP contribution in [0.1, 0.15) is 35.5 Å². The van der Waals surface area contributed by atoms with Crippen molar-refractivity contribution in [2.24, 2.45) is 5.73 Å². The van der Waals surface area contributed by atoms with E-state index >= 15 is 0 Å². The predicted molar refractivity (Wildman–Crippen MR) is 62.5 cm³/mol. The van der Waals surface area contributed by atoms with Gasteiger partial charge in [0.15, 0.2) is 11.6 Å². The third-order valence-corrected chi connectivity index (χ3v) is 2.47. The summed E-state index contributed by atoms with van der Waals surface area (Å²) >= 11 is 0. The summed E-state index contributed by atoms with van der Waals surface area (Å²) in [6.07, 6.45) is 4.36. The molecule has 5 heteroatoms. The van der Waals surface area contributed by atoms with Gasteiger partial charge in [-0.3, -0.25) is 4.79 Å².